The Balaban J connectivity index is 3.31. The molecular formula is C14H23NO. The van der Waals surface area contributed by atoms with E-state index in [1.54, 1.807) is 0 Å². The SMILES string of the molecule is CCCc1c(CC)nc(C)c(C)c1OCC. The predicted molar refractivity (Wildman–Crippen MR) is 68.3 cm³/mol. The van der Waals surface area contributed by atoms with Gasteiger partial charge in [-0.2, -0.15) is 0 Å². The van der Waals surface area contributed by atoms with Crippen LogP contribution < -0.4 is 4.74 Å². The van der Waals surface area contributed by atoms with Gasteiger partial charge in [0.15, 0.2) is 0 Å². The molecule has 0 atom stereocenters. The first kappa shape index (κ1) is 13.0. The lowest BCUT2D eigenvalue weighted by atomic mass is 10.0. The van der Waals surface area contributed by atoms with Crippen LogP contribution in [0.4, 0.5) is 0 Å². The van der Waals surface area contributed by atoms with E-state index in [-0.39, 0.29) is 0 Å². The number of hydrogen-bond acceptors (Lipinski definition) is 2. The monoisotopic (exact) mass is 221 g/mol. The van der Waals surface area contributed by atoms with Gasteiger partial charge in [0.05, 0.1) is 6.61 Å². The van der Waals surface area contributed by atoms with Gasteiger partial charge < -0.3 is 4.74 Å². The normalized spacial score (nSPS) is 10.6. The average Bonchev–Trinajstić information content (AvgIpc) is 2.28. The van der Waals surface area contributed by atoms with Crippen LogP contribution in [0.5, 0.6) is 5.75 Å². The zero-order valence-corrected chi connectivity index (χ0v) is 11.2. The topological polar surface area (TPSA) is 22.1 Å². The van der Waals surface area contributed by atoms with E-state index in [9.17, 15) is 0 Å². The number of aromatic nitrogens is 1. The van der Waals surface area contributed by atoms with E-state index in [1.165, 1.54) is 16.8 Å². The number of rotatable bonds is 5. The Labute approximate surface area is 99.0 Å². The highest BCUT2D eigenvalue weighted by Gasteiger charge is 2.14. The minimum absolute atomic E-state index is 0.726. The van der Waals surface area contributed by atoms with E-state index in [0.717, 1.165) is 37.3 Å². The van der Waals surface area contributed by atoms with Crippen molar-refractivity contribution < 1.29 is 4.74 Å². The number of hydrogen-bond donors (Lipinski definition) is 0. The first-order chi connectivity index (χ1) is 7.65. The summed E-state index contributed by atoms with van der Waals surface area (Å²) in [6, 6.07) is 0. The third-order valence-corrected chi connectivity index (χ3v) is 2.93. The van der Waals surface area contributed by atoms with Gasteiger partial charge in [-0.05, 0) is 33.6 Å². The van der Waals surface area contributed by atoms with E-state index in [2.05, 4.69) is 32.7 Å². The average molecular weight is 221 g/mol. The number of pyridine rings is 1. The zero-order valence-electron chi connectivity index (χ0n) is 11.2. The van der Waals surface area contributed by atoms with Gasteiger partial charge in [0.2, 0.25) is 0 Å². The fraction of sp³-hybridized carbons (Fsp3) is 0.643. The van der Waals surface area contributed by atoms with E-state index in [1.807, 2.05) is 6.92 Å². The quantitative estimate of drug-likeness (QED) is 0.757. The fourth-order valence-electron chi connectivity index (χ4n) is 2.02. The summed E-state index contributed by atoms with van der Waals surface area (Å²) >= 11 is 0. The lowest BCUT2D eigenvalue weighted by Crippen LogP contribution is -2.07. The van der Waals surface area contributed by atoms with Gasteiger partial charge in [0, 0.05) is 22.5 Å². The van der Waals surface area contributed by atoms with Crippen molar-refractivity contribution in [2.75, 3.05) is 6.61 Å². The van der Waals surface area contributed by atoms with Gasteiger partial charge in [-0.1, -0.05) is 20.3 Å². The molecule has 0 aliphatic rings. The minimum Gasteiger partial charge on any atom is -0.493 e. The molecule has 0 fully saturated rings. The Morgan fingerprint density at radius 1 is 1.12 bits per heavy atom. The lowest BCUT2D eigenvalue weighted by Gasteiger charge is -2.17. The van der Waals surface area contributed by atoms with Crippen molar-refractivity contribution in [1.29, 1.82) is 0 Å². The maximum atomic E-state index is 5.80. The van der Waals surface area contributed by atoms with Crippen molar-refractivity contribution in [1.82, 2.24) is 4.98 Å². The summed E-state index contributed by atoms with van der Waals surface area (Å²) in [5, 5.41) is 0. The largest absolute Gasteiger partial charge is 0.493 e. The van der Waals surface area contributed by atoms with E-state index < -0.39 is 0 Å². The van der Waals surface area contributed by atoms with E-state index in [0.29, 0.717) is 0 Å². The van der Waals surface area contributed by atoms with Crippen LogP contribution in [0.3, 0.4) is 0 Å². The molecule has 0 saturated carbocycles. The molecule has 0 bridgehead atoms. The summed E-state index contributed by atoms with van der Waals surface area (Å²) in [6.07, 6.45) is 3.18. The second kappa shape index (κ2) is 5.88. The summed E-state index contributed by atoms with van der Waals surface area (Å²) in [6.45, 7) is 11.3. The van der Waals surface area contributed by atoms with Crippen molar-refractivity contribution in [3.05, 3.63) is 22.5 Å². The van der Waals surface area contributed by atoms with Crippen LogP contribution in [0.25, 0.3) is 0 Å². The van der Waals surface area contributed by atoms with Crippen LogP contribution in [-0.2, 0) is 12.8 Å². The smallest absolute Gasteiger partial charge is 0.128 e. The molecule has 1 rings (SSSR count). The molecule has 1 aromatic heterocycles. The predicted octanol–water partition coefficient (Wildman–Crippen LogP) is 3.61. The first-order valence-corrected chi connectivity index (χ1v) is 6.27. The Morgan fingerprint density at radius 2 is 1.81 bits per heavy atom. The van der Waals surface area contributed by atoms with Crippen LogP contribution in [-0.4, -0.2) is 11.6 Å². The molecule has 90 valence electrons. The molecule has 0 unspecified atom stereocenters. The first-order valence-electron chi connectivity index (χ1n) is 6.27. The van der Waals surface area contributed by atoms with Crippen LogP contribution in [0, 0.1) is 13.8 Å². The molecule has 1 heterocycles. The lowest BCUT2D eigenvalue weighted by molar-refractivity contribution is 0.332. The van der Waals surface area contributed by atoms with Crippen LogP contribution in [0.1, 0.15) is 49.7 Å². The van der Waals surface area contributed by atoms with Crippen molar-refractivity contribution in [3.63, 3.8) is 0 Å². The molecule has 2 nitrogen and oxygen atoms in total. The number of nitrogens with zero attached hydrogens (tertiary/aromatic N) is 1. The number of ether oxygens (including phenoxy) is 1. The summed E-state index contributed by atoms with van der Waals surface area (Å²) in [5.74, 6) is 1.08. The van der Waals surface area contributed by atoms with Gasteiger partial charge in [0.25, 0.3) is 0 Å². The highest BCUT2D eigenvalue weighted by Crippen LogP contribution is 2.29. The summed E-state index contributed by atoms with van der Waals surface area (Å²) in [4.78, 5) is 4.67. The maximum absolute atomic E-state index is 5.80. The molecule has 0 saturated heterocycles. The van der Waals surface area contributed by atoms with Crippen molar-refractivity contribution in [2.24, 2.45) is 0 Å². The van der Waals surface area contributed by atoms with Crippen LogP contribution in [0.2, 0.25) is 0 Å². The summed E-state index contributed by atoms with van der Waals surface area (Å²) in [7, 11) is 0. The van der Waals surface area contributed by atoms with E-state index in [4.69, 9.17) is 4.74 Å². The van der Waals surface area contributed by atoms with Crippen molar-refractivity contribution in [2.45, 2.75) is 53.9 Å². The third kappa shape index (κ3) is 2.55. The second-order valence-electron chi connectivity index (χ2n) is 4.11. The van der Waals surface area contributed by atoms with Crippen molar-refractivity contribution in [3.8, 4) is 5.75 Å². The van der Waals surface area contributed by atoms with Gasteiger partial charge in [0.1, 0.15) is 5.75 Å². The summed E-state index contributed by atoms with van der Waals surface area (Å²) < 4.78 is 5.80. The highest BCUT2D eigenvalue weighted by atomic mass is 16.5. The molecule has 1 aromatic rings. The summed E-state index contributed by atoms with van der Waals surface area (Å²) in [5.41, 5.74) is 4.81. The molecule has 0 amide bonds. The standard InChI is InChI=1S/C14H23NO/c1-6-9-12-13(7-2)15-11(5)10(4)14(12)16-8-3/h6-9H2,1-5H3. The van der Waals surface area contributed by atoms with Gasteiger partial charge in [-0.25, -0.2) is 0 Å². The van der Waals surface area contributed by atoms with Crippen molar-refractivity contribution >= 4 is 0 Å². The Kier molecular flexibility index (Phi) is 4.78. The molecular weight excluding hydrogens is 198 g/mol. The van der Waals surface area contributed by atoms with E-state index >= 15 is 0 Å². The molecule has 2 heteroatoms. The second-order valence-corrected chi connectivity index (χ2v) is 4.11. The van der Waals surface area contributed by atoms with Gasteiger partial charge in [-0.3, -0.25) is 4.98 Å². The Bertz CT molecular complexity index is 358. The Morgan fingerprint density at radius 3 is 2.31 bits per heavy atom. The fourth-order valence-corrected chi connectivity index (χ4v) is 2.02. The highest BCUT2D eigenvalue weighted by molar-refractivity contribution is 5.45. The maximum Gasteiger partial charge on any atom is 0.128 e. The van der Waals surface area contributed by atoms with Gasteiger partial charge in [-0.15, -0.1) is 0 Å². The van der Waals surface area contributed by atoms with Crippen LogP contribution >= 0.6 is 0 Å². The number of aryl methyl sites for hydroxylation is 2. The molecule has 0 aromatic carbocycles. The molecule has 0 aliphatic carbocycles. The minimum atomic E-state index is 0.726. The van der Waals surface area contributed by atoms with Crippen LogP contribution in [0.15, 0.2) is 0 Å². The molecule has 16 heavy (non-hydrogen) atoms. The molecule has 0 aliphatic heterocycles. The zero-order chi connectivity index (χ0) is 12.1. The molecule has 0 radical (unpaired) electrons. The third-order valence-electron chi connectivity index (χ3n) is 2.93. The van der Waals surface area contributed by atoms with Gasteiger partial charge >= 0.3 is 0 Å². The molecule has 0 spiro atoms. The molecule has 0 N–H and O–H groups in total. The Hall–Kier alpha value is -1.05.